The lowest BCUT2D eigenvalue weighted by Crippen LogP contribution is -2.21. The third-order valence-electron chi connectivity index (χ3n) is 3.55. The van der Waals surface area contributed by atoms with Crippen LogP contribution in [0.25, 0.3) is 11.0 Å². The fourth-order valence-corrected chi connectivity index (χ4v) is 2.58. The van der Waals surface area contributed by atoms with E-state index in [0.717, 1.165) is 24.3 Å². The summed E-state index contributed by atoms with van der Waals surface area (Å²) in [6.45, 7) is 0. The fraction of sp³-hybridized carbons (Fsp3) is 0.0588. The van der Waals surface area contributed by atoms with Gasteiger partial charge >= 0.3 is 11.8 Å². The molecule has 134 valence electrons. The van der Waals surface area contributed by atoms with E-state index in [1.54, 1.807) is 0 Å². The van der Waals surface area contributed by atoms with Crippen LogP contribution in [0.5, 0.6) is 5.75 Å². The Kier molecular flexibility index (Phi) is 4.37. The van der Waals surface area contributed by atoms with Crippen molar-refractivity contribution < 1.29 is 27.5 Å². The van der Waals surface area contributed by atoms with Gasteiger partial charge < -0.3 is 14.8 Å². The van der Waals surface area contributed by atoms with Gasteiger partial charge in [-0.05, 0) is 36.4 Å². The number of fused-ring (bicyclic) bond motifs is 1. The number of hydrogen-bond acceptors (Lipinski definition) is 4. The second-order valence-electron chi connectivity index (χ2n) is 5.26. The Labute approximate surface area is 148 Å². The van der Waals surface area contributed by atoms with Crippen molar-refractivity contribution in [3.05, 3.63) is 69.0 Å². The number of nitrogens with one attached hydrogen (secondary N) is 1. The number of hydrogen-bond donors (Lipinski definition) is 2. The van der Waals surface area contributed by atoms with Crippen LogP contribution in [0.2, 0.25) is 5.02 Å². The number of rotatable bonds is 2. The van der Waals surface area contributed by atoms with Crippen molar-refractivity contribution in [2.24, 2.45) is 0 Å². The van der Waals surface area contributed by atoms with Gasteiger partial charge in [-0.1, -0.05) is 17.7 Å². The van der Waals surface area contributed by atoms with Crippen LogP contribution in [-0.4, -0.2) is 11.0 Å². The van der Waals surface area contributed by atoms with Gasteiger partial charge in [-0.25, -0.2) is 4.79 Å². The molecule has 0 atom stereocenters. The monoisotopic (exact) mass is 383 g/mol. The van der Waals surface area contributed by atoms with Crippen molar-refractivity contribution in [3.63, 3.8) is 0 Å². The number of aromatic hydroxyl groups is 1. The maximum absolute atomic E-state index is 12.6. The number of carbonyl (C=O) groups is 1. The molecule has 0 radical (unpaired) electrons. The van der Waals surface area contributed by atoms with Gasteiger partial charge in [0.25, 0.3) is 5.91 Å². The zero-order valence-electron chi connectivity index (χ0n) is 12.7. The van der Waals surface area contributed by atoms with Crippen molar-refractivity contribution in [1.29, 1.82) is 0 Å². The molecule has 3 rings (SSSR count). The van der Waals surface area contributed by atoms with E-state index >= 15 is 0 Å². The Morgan fingerprint density at radius 2 is 1.77 bits per heavy atom. The highest BCUT2D eigenvalue weighted by Crippen LogP contribution is 2.33. The molecule has 1 aromatic heterocycles. The average molecular weight is 384 g/mol. The SMILES string of the molecule is O=C(Nc1ccc(C(F)(F)F)cc1)c1c(O)c2c(Cl)cccc2oc1=O. The summed E-state index contributed by atoms with van der Waals surface area (Å²) in [7, 11) is 0. The molecule has 2 aromatic carbocycles. The maximum Gasteiger partial charge on any atom is 0.416 e. The summed E-state index contributed by atoms with van der Waals surface area (Å²) in [5, 5.41) is 12.5. The topological polar surface area (TPSA) is 79.5 Å². The van der Waals surface area contributed by atoms with Gasteiger partial charge in [-0.15, -0.1) is 0 Å². The van der Waals surface area contributed by atoms with Crippen molar-refractivity contribution in [3.8, 4) is 5.75 Å². The smallest absolute Gasteiger partial charge is 0.416 e. The Morgan fingerprint density at radius 3 is 2.38 bits per heavy atom. The van der Waals surface area contributed by atoms with Crippen molar-refractivity contribution >= 4 is 34.2 Å². The molecule has 0 aliphatic carbocycles. The molecule has 0 fully saturated rings. The summed E-state index contributed by atoms with van der Waals surface area (Å²) in [4.78, 5) is 24.3. The summed E-state index contributed by atoms with van der Waals surface area (Å²) < 4.78 is 42.6. The standard InChI is InChI=1S/C17H9ClF3NO4/c18-10-2-1-3-11-12(10)14(23)13(16(25)26-11)15(24)22-9-6-4-8(5-7-9)17(19,20)21/h1-7,23H,(H,22,24). The minimum absolute atomic E-state index is 0.000977. The van der Waals surface area contributed by atoms with Gasteiger partial charge in [0, 0.05) is 5.69 Å². The second kappa shape index (κ2) is 6.38. The molecule has 0 aliphatic heterocycles. The Hall–Kier alpha value is -3.00. The Balaban J connectivity index is 1.98. The number of carbonyl (C=O) groups excluding carboxylic acids is 1. The summed E-state index contributed by atoms with van der Waals surface area (Å²) >= 11 is 5.95. The quantitative estimate of drug-likeness (QED) is 0.642. The average Bonchev–Trinajstić information content (AvgIpc) is 2.54. The molecule has 1 heterocycles. The molecular formula is C17H9ClF3NO4. The van der Waals surface area contributed by atoms with E-state index in [-0.39, 0.29) is 21.7 Å². The first-order valence-corrected chi connectivity index (χ1v) is 7.49. The molecule has 0 unspecified atom stereocenters. The van der Waals surface area contributed by atoms with Gasteiger partial charge in [0.2, 0.25) is 0 Å². The number of halogens is 4. The first-order chi connectivity index (χ1) is 12.2. The molecule has 0 saturated carbocycles. The zero-order valence-corrected chi connectivity index (χ0v) is 13.5. The minimum Gasteiger partial charge on any atom is -0.506 e. The Bertz CT molecular complexity index is 1060. The fourth-order valence-electron chi connectivity index (χ4n) is 2.33. The van der Waals surface area contributed by atoms with Gasteiger partial charge in [-0.2, -0.15) is 13.2 Å². The molecule has 9 heteroatoms. The van der Waals surface area contributed by atoms with E-state index in [1.807, 2.05) is 0 Å². The first-order valence-electron chi connectivity index (χ1n) is 7.11. The molecular weight excluding hydrogens is 375 g/mol. The number of anilines is 1. The van der Waals surface area contributed by atoms with Crippen LogP contribution >= 0.6 is 11.6 Å². The van der Waals surface area contributed by atoms with Gasteiger partial charge in [0.1, 0.15) is 11.3 Å². The molecule has 5 nitrogen and oxygen atoms in total. The number of benzene rings is 2. The minimum atomic E-state index is -4.52. The van der Waals surface area contributed by atoms with E-state index in [0.29, 0.717) is 0 Å². The van der Waals surface area contributed by atoms with E-state index in [2.05, 4.69) is 5.32 Å². The first kappa shape index (κ1) is 17.8. The van der Waals surface area contributed by atoms with Gasteiger partial charge in [0.15, 0.2) is 5.56 Å². The van der Waals surface area contributed by atoms with Crippen molar-refractivity contribution in [2.75, 3.05) is 5.32 Å². The molecule has 0 bridgehead atoms. The highest BCUT2D eigenvalue weighted by molar-refractivity contribution is 6.36. The van der Waals surface area contributed by atoms with Crippen LogP contribution in [0.4, 0.5) is 18.9 Å². The zero-order chi connectivity index (χ0) is 19.1. The lowest BCUT2D eigenvalue weighted by Gasteiger charge is -2.10. The van der Waals surface area contributed by atoms with Crippen LogP contribution in [0.3, 0.4) is 0 Å². The van der Waals surface area contributed by atoms with E-state index in [1.165, 1.54) is 18.2 Å². The molecule has 1 amide bonds. The normalized spacial score (nSPS) is 11.5. The highest BCUT2D eigenvalue weighted by atomic mass is 35.5. The third kappa shape index (κ3) is 3.23. The van der Waals surface area contributed by atoms with E-state index < -0.39 is 34.6 Å². The van der Waals surface area contributed by atoms with Gasteiger partial charge in [0.05, 0.1) is 16.0 Å². The highest BCUT2D eigenvalue weighted by Gasteiger charge is 2.30. The molecule has 0 spiro atoms. The van der Waals surface area contributed by atoms with Crippen LogP contribution in [-0.2, 0) is 6.18 Å². The van der Waals surface area contributed by atoms with Crippen LogP contribution in [0.15, 0.2) is 51.7 Å². The Morgan fingerprint density at radius 1 is 1.12 bits per heavy atom. The number of alkyl halides is 3. The van der Waals surface area contributed by atoms with Crippen LogP contribution in [0, 0.1) is 0 Å². The summed E-state index contributed by atoms with van der Waals surface area (Å²) in [6.07, 6.45) is -4.52. The molecule has 0 aliphatic rings. The maximum atomic E-state index is 12.6. The third-order valence-corrected chi connectivity index (χ3v) is 3.87. The molecule has 2 N–H and O–H groups in total. The van der Waals surface area contributed by atoms with Crippen LogP contribution < -0.4 is 10.9 Å². The lowest BCUT2D eigenvalue weighted by molar-refractivity contribution is -0.137. The summed E-state index contributed by atoms with van der Waals surface area (Å²) in [5.41, 5.74) is -2.71. The second-order valence-corrected chi connectivity index (χ2v) is 5.66. The van der Waals surface area contributed by atoms with Gasteiger partial charge in [-0.3, -0.25) is 4.79 Å². The largest absolute Gasteiger partial charge is 0.506 e. The summed E-state index contributed by atoms with van der Waals surface area (Å²) in [5.74, 6) is -1.72. The predicted octanol–water partition coefficient (Wildman–Crippen LogP) is 4.42. The van der Waals surface area contributed by atoms with Crippen molar-refractivity contribution in [2.45, 2.75) is 6.18 Å². The molecule has 3 aromatic rings. The predicted molar refractivity (Wildman–Crippen MR) is 88.6 cm³/mol. The number of amides is 1. The van der Waals surface area contributed by atoms with E-state index in [4.69, 9.17) is 16.0 Å². The lowest BCUT2D eigenvalue weighted by atomic mass is 10.1. The summed E-state index contributed by atoms with van der Waals surface area (Å²) in [6, 6.07) is 7.90. The molecule has 0 saturated heterocycles. The van der Waals surface area contributed by atoms with E-state index in [9.17, 15) is 27.9 Å². The van der Waals surface area contributed by atoms with Crippen molar-refractivity contribution in [1.82, 2.24) is 0 Å². The molecule has 26 heavy (non-hydrogen) atoms. The van der Waals surface area contributed by atoms with Crippen LogP contribution in [0.1, 0.15) is 15.9 Å².